The van der Waals surface area contributed by atoms with Crippen LogP contribution in [0.25, 0.3) is 0 Å². The number of rotatable bonds is 3. The van der Waals surface area contributed by atoms with Gasteiger partial charge in [-0.05, 0) is 42.0 Å². The zero-order chi connectivity index (χ0) is 13.7. The molecule has 0 saturated carbocycles. The summed E-state index contributed by atoms with van der Waals surface area (Å²) in [7, 11) is 0. The van der Waals surface area contributed by atoms with Gasteiger partial charge in [0.25, 0.3) is 5.91 Å². The molecular formula is C14H10BrClN2O. The van der Waals surface area contributed by atoms with Gasteiger partial charge in [-0.2, -0.15) is 5.10 Å². The van der Waals surface area contributed by atoms with Gasteiger partial charge in [-0.1, -0.05) is 39.7 Å². The van der Waals surface area contributed by atoms with E-state index in [1.165, 1.54) is 0 Å². The molecule has 0 heterocycles. The predicted molar refractivity (Wildman–Crippen MR) is 80.7 cm³/mol. The zero-order valence-electron chi connectivity index (χ0n) is 9.81. The summed E-state index contributed by atoms with van der Waals surface area (Å²) in [6, 6.07) is 14.2. The molecule has 0 aliphatic carbocycles. The van der Waals surface area contributed by atoms with Gasteiger partial charge >= 0.3 is 0 Å². The Morgan fingerprint density at radius 3 is 2.37 bits per heavy atom. The van der Waals surface area contributed by atoms with Crippen LogP contribution in [0.2, 0.25) is 5.02 Å². The average Bonchev–Trinajstić information content (AvgIpc) is 2.41. The number of benzene rings is 2. The van der Waals surface area contributed by atoms with Crippen molar-refractivity contribution in [3.63, 3.8) is 0 Å². The van der Waals surface area contributed by atoms with Crippen molar-refractivity contribution in [3.8, 4) is 0 Å². The molecule has 1 N–H and O–H groups in total. The van der Waals surface area contributed by atoms with Gasteiger partial charge in [-0.15, -0.1) is 0 Å². The second kappa shape index (κ2) is 6.50. The third-order valence-electron chi connectivity index (χ3n) is 2.36. The molecule has 96 valence electrons. The van der Waals surface area contributed by atoms with Crippen molar-refractivity contribution in [1.29, 1.82) is 0 Å². The molecule has 2 rings (SSSR count). The van der Waals surface area contributed by atoms with Crippen LogP contribution >= 0.6 is 27.5 Å². The third kappa shape index (κ3) is 4.19. The summed E-state index contributed by atoms with van der Waals surface area (Å²) in [4.78, 5) is 11.7. The summed E-state index contributed by atoms with van der Waals surface area (Å²) in [5.74, 6) is -0.252. The quantitative estimate of drug-likeness (QED) is 0.670. The number of hydrazone groups is 1. The minimum atomic E-state index is -0.252. The smallest absolute Gasteiger partial charge is 0.267 e. The standard InChI is InChI=1S/C14H10BrClN2O/c15-12-5-3-11(4-6-12)14(19)18-17-9-10-1-7-13(16)8-2-10/h1-9H,(H,18,19)/b17-9-. The van der Waals surface area contributed by atoms with Crippen LogP contribution in [0.15, 0.2) is 58.1 Å². The van der Waals surface area contributed by atoms with E-state index in [0.29, 0.717) is 10.6 Å². The largest absolute Gasteiger partial charge is 0.271 e. The number of amides is 1. The molecule has 0 aliphatic rings. The van der Waals surface area contributed by atoms with Gasteiger partial charge in [0.2, 0.25) is 0 Å². The van der Waals surface area contributed by atoms with Crippen LogP contribution in [-0.2, 0) is 0 Å². The van der Waals surface area contributed by atoms with Crippen LogP contribution in [0.4, 0.5) is 0 Å². The van der Waals surface area contributed by atoms with Crippen LogP contribution in [0.5, 0.6) is 0 Å². The summed E-state index contributed by atoms with van der Waals surface area (Å²) in [6.45, 7) is 0. The number of hydrogen-bond acceptors (Lipinski definition) is 2. The molecule has 0 aromatic heterocycles. The van der Waals surface area contributed by atoms with Gasteiger partial charge in [0.05, 0.1) is 6.21 Å². The Kier molecular flexibility index (Phi) is 4.71. The fourth-order valence-electron chi connectivity index (χ4n) is 1.38. The molecule has 2 aromatic rings. The van der Waals surface area contributed by atoms with Crippen LogP contribution in [0, 0.1) is 0 Å². The Morgan fingerprint density at radius 1 is 1.11 bits per heavy atom. The molecule has 0 bridgehead atoms. The topological polar surface area (TPSA) is 41.5 Å². The molecule has 0 aliphatic heterocycles. The van der Waals surface area contributed by atoms with Crippen molar-refractivity contribution in [2.45, 2.75) is 0 Å². The molecule has 5 heteroatoms. The van der Waals surface area contributed by atoms with Gasteiger partial charge in [0.1, 0.15) is 0 Å². The molecule has 0 radical (unpaired) electrons. The highest BCUT2D eigenvalue weighted by Crippen LogP contribution is 2.10. The maximum Gasteiger partial charge on any atom is 0.271 e. The number of carbonyl (C=O) groups excluding carboxylic acids is 1. The molecular weight excluding hydrogens is 328 g/mol. The average molecular weight is 338 g/mol. The highest BCUT2D eigenvalue weighted by molar-refractivity contribution is 9.10. The van der Waals surface area contributed by atoms with E-state index < -0.39 is 0 Å². The van der Waals surface area contributed by atoms with E-state index >= 15 is 0 Å². The lowest BCUT2D eigenvalue weighted by Crippen LogP contribution is -2.17. The molecule has 2 aromatic carbocycles. The van der Waals surface area contributed by atoms with Gasteiger partial charge in [0.15, 0.2) is 0 Å². The Labute approximate surface area is 124 Å². The fourth-order valence-corrected chi connectivity index (χ4v) is 1.77. The molecule has 3 nitrogen and oxygen atoms in total. The van der Waals surface area contributed by atoms with E-state index in [1.807, 2.05) is 12.1 Å². The first-order chi connectivity index (χ1) is 9.15. The van der Waals surface area contributed by atoms with Gasteiger partial charge in [0, 0.05) is 15.1 Å². The van der Waals surface area contributed by atoms with E-state index in [4.69, 9.17) is 11.6 Å². The molecule has 19 heavy (non-hydrogen) atoms. The van der Waals surface area contributed by atoms with Crippen molar-refractivity contribution in [1.82, 2.24) is 5.43 Å². The van der Waals surface area contributed by atoms with E-state index in [1.54, 1.807) is 42.6 Å². The second-order valence-corrected chi connectivity index (χ2v) is 5.11. The molecule has 0 spiro atoms. The van der Waals surface area contributed by atoms with E-state index in [0.717, 1.165) is 10.0 Å². The maximum absolute atomic E-state index is 11.7. The zero-order valence-corrected chi connectivity index (χ0v) is 12.1. The van der Waals surface area contributed by atoms with Crippen molar-refractivity contribution in [3.05, 3.63) is 69.2 Å². The normalized spacial score (nSPS) is 10.6. The highest BCUT2D eigenvalue weighted by Gasteiger charge is 2.02. The molecule has 0 saturated heterocycles. The van der Waals surface area contributed by atoms with Crippen molar-refractivity contribution >= 4 is 39.7 Å². The van der Waals surface area contributed by atoms with E-state index in [-0.39, 0.29) is 5.91 Å². The lowest BCUT2D eigenvalue weighted by atomic mass is 10.2. The number of nitrogens with zero attached hydrogens (tertiary/aromatic N) is 1. The van der Waals surface area contributed by atoms with Crippen LogP contribution in [-0.4, -0.2) is 12.1 Å². The number of carbonyl (C=O) groups is 1. The highest BCUT2D eigenvalue weighted by atomic mass is 79.9. The first-order valence-corrected chi connectivity index (χ1v) is 6.67. The second-order valence-electron chi connectivity index (χ2n) is 3.76. The Morgan fingerprint density at radius 2 is 1.74 bits per heavy atom. The monoisotopic (exact) mass is 336 g/mol. The lowest BCUT2D eigenvalue weighted by molar-refractivity contribution is 0.0955. The number of hydrogen-bond donors (Lipinski definition) is 1. The van der Waals surface area contributed by atoms with Crippen molar-refractivity contribution < 1.29 is 4.79 Å². The molecule has 0 atom stereocenters. The summed E-state index contributed by atoms with van der Waals surface area (Å²) >= 11 is 9.08. The van der Waals surface area contributed by atoms with Crippen molar-refractivity contribution in [2.75, 3.05) is 0 Å². The first-order valence-electron chi connectivity index (χ1n) is 5.50. The Balaban J connectivity index is 1.96. The van der Waals surface area contributed by atoms with Crippen molar-refractivity contribution in [2.24, 2.45) is 5.10 Å². The fraction of sp³-hybridized carbons (Fsp3) is 0. The maximum atomic E-state index is 11.7. The van der Waals surface area contributed by atoms with E-state index in [9.17, 15) is 4.79 Å². The first kappa shape index (κ1) is 13.8. The summed E-state index contributed by atoms with van der Waals surface area (Å²) in [6.07, 6.45) is 1.56. The Bertz CT molecular complexity index is 594. The summed E-state index contributed by atoms with van der Waals surface area (Å²) < 4.78 is 0.925. The number of halogens is 2. The lowest BCUT2D eigenvalue weighted by Gasteiger charge is -1.99. The summed E-state index contributed by atoms with van der Waals surface area (Å²) in [5.41, 5.74) is 3.88. The third-order valence-corrected chi connectivity index (χ3v) is 3.14. The summed E-state index contributed by atoms with van der Waals surface area (Å²) in [5, 5.41) is 4.55. The minimum absolute atomic E-state index is 0.252. The van der Waals surface area contributed by atoms with Crippen LogP contribution < -0.4 is 5.43 Å². The van der Waals surface area contributed by atoms with Crippen LogP contribution in [0.1, 0.15) is 15.9 Å². The Hall–Kier alpha value is -1.65. The SMILES string of the molecule is O=C(N/N=C\c1ccc(Cl)cc1)c1ccc(Br)cc1. The van der Waals surface area contributed by atoms with Crippen LogP contribution in [0.3, 0.4) is 0 Å². The minimum Gasteiger partial charge on any atom is -0.267 e. The predicted octanol–water partition coefficient (Wildman–Crippen LogP) is 3.87. The van der Waals surface area contributed by atoms with E-state index in [2.05, 4.69) is 26.5 Å². The molecule has 0 unspecified atom stereocenters. The molecule has 1 amide bonds. The number of nitrogens with one attached hydrogen (secondary N) is 1. The van der Waals surface area contributed by atoms with Gasteiger partial charge in [-0.3, -0.25) is 4.79 Å². The van der Waals surface area contributed by atoms with Gasteiger partial charge < -0.3 is 0 Å². The van der Waals surface area contributed by atoms with Gasteiger partial charge in [-0.25, -0.2) is 5.43 Å². The molecule has 0 fully saturated rings.